The van der Waals surface area contributed by atoms with Crippen LogP contribution in [0.5, 0.6) is 0 Å². The Morgan fingerprint density at radius 1 is 0.426 bits per heavy atom. The Labute approximate surface area is 323 Å². The smallest absolute Gasteiger partial charge is 0.832 e. The van der Waals surface area contributed by atoms with E-state index in [4.69, 9.17) is 65.4 Å². The molecule has 280 valence electrons. The Kier molecular flexibility index (Phi) is 28.8. The van der Waals surface area contributed by atoms with Gasteiger partial charge in [-0.1, -0.05) is 0 Å². The van der Waals surface area contributed by atoms with Crippen LogP contribution in [0.3, 0.4) is 0 Å². The maximum absolute atomic E-state index is 13.0. The molecular weight excluding hydrogens is 895 g/mol. The number of hydrogen-bond donors (Lipinski definition) is 2. The van der Waals surface area contributed by atoms with Crippen molar-refractivity contribution in [1.29, 1.82) is 0 Å². The van der Waals surface area contributed by atoms with Gasteiger partial charge in [-0.2, -0.15) is 52.7 Å². The first-order chi connectivity index (χ1) is 21.0. The zero-order chi connectivity index (χ0) is 36.3. The van der Waals surface area contributed by atoms with Crippen LogP contribution in [0.2, 0.25) is 0 Å². The Morgan fingerprint density at radius 3 is 0.745 bits per heavy atom. The fraction of sp³-hybridized carbons (Fsp3) is 1.00. The van der Waals surface area contributed by atoms with E-state index in [1.165, 1.54) is 0 Å². The van der Waals surface area contributed by atoms with E-state index in [1.807, 2.05) is 0 Å². The minimum absolute atomic E-state index is 0. The summed E-state index contributed by atoms with van der Waals surface area (Å²) < 4.78 is 176. The molecule has 1 saturated heterocycles. The van der Waals surface area contributed by atoms with Gasteiger partial charge in [0, 0.05) is 0 Å². The third-order valence-corrected chi connectivity index (χ3v) is 5.97. The summed E-state index contributed by atoms with van der Waals surface area (Å²) in [6, 6.07) is 0. The van der Waals surface area contributed by atoms with Gasteiger partial charge in [0.15, 0.2) is 0 Å². The van der Waals surface area contributed by atoms with Crippen LogP contribution in [0.25, 0.3) is 0 Å². The second kappa shape index (κ2) is 25.5. The van der Waals surface area contributed by atoms with Crippen molar-refractivity contribution in [3.63, 3.8) is 0 Å². The summed E-state index contributed by atoms with van der Waals surface area (Å²) in [5.74, 6) is 0. The summed E-state index contributed by atoms with van der Waals surface area (Å²) in [4.78, 5) is -0.829. The molecule has 0 aromatic rings. The fourth-order valence-electron chi connectivity index (χ4n) is 3.54. The Balaban J connectivity index is -0.00000255. The van der Waals surface area contributed by atoms with Crippen LogP contribution in [-0.2, 0) is 18.9 Å². The van der Waals surface area contributed by atoms with Gasteiger partial charge in [-0.3, -0.25) is 0 Å². The molecule has 0 aromatic carbocycles. The van der Waals surface area contributed by atoms with Gasteiger partial charge in [-0.15, -0.1) is 46.4 Å². The van der Waals surface area contributed by atoms with Gasteiger partial charge >= 0.3 is 73.6 Å². The molecule has 0 unspecified atom stereocenters. The quantitative estimate of drug-likeness (QED) is 0.246. The number of alkyl halides is 16. The zero-order valence-electron chi connectivity index (χ0n) is 24.5. The molecule has 47 heavy (non-hydrogen) atoms. The number of quaternary nitrogens is 2. The summed E-state index contributed by atoms with van der Waals surface area (Å²) in [7, 11) is 0. The first-order valence-corrected chi connectivity index (χ1v) is 15.0. The van der Waals surface area contributed by atoms with E-state index in [-0.39, 0.29) is 86.0 Å². The number of halogens is 16. The van der Waals surface area contributed by atoms with Gasteiger partial charge in [-0.25, -0.2) is 0 Å². The molecule has 0 spiro atoms. The molecule has 0 amide bonds. The van der Waals surface area contributed by atoms with Gasteiger partial charge in [-0.05, 0) is 0 Å². The summed E-state index contributed by atoms with van der Waals surface area (Å²) in [6.45, 7) is -8.47. The molecule has 25 heteroatoms. The van der Waals surface area contributed by atoms with E-state index in [0.29, 0.717) is 0 Å². The van der Waals surface area contributed by atoms with Crippen molar-refractivity contribution in [2.45, 2.75) is 35.9 Å². The molecule has 0 radical (unpaired) electrons. The largest absolute Gasteiger partial charge is 2.00 e. The van der Waals surface area contributed by atoms with Crippen LogP contribution < -0.4 is 20.0 Å². The van der Waals surface area contributed by atoms with E-state index < -0.39 is 111 Å². The Bertz CT molecular complexity index is 681. The molecule has 0 atom stereocenters. The van der Waals surface area contributed by atoms with E-state index in [2.05, 4.69) is 0 Å². The van der Waals surface area contributed by atoms with Crippen molar-refractivity contribution >= 4 is 95.3 Å². The number of ether oxygens (including phenoxy) is 4. The second-order valence-corrected chi connectivity index (χ2v) is 10.8. The molecule has 1 rings (SSSR count). The van der Waals surface area contributed by atoms with Crippen LogP contribution in [0.4, 0.5) is 52.7 Å². The average Bonchev–Trinajstić information content (AvgIpc) is 2.88. The minimum atomic E-state index is -6.13. The Morgan fingerprint density at radius 2 is 0.596 bits per heavy atom. The number of hydrogen-bond acceptors (Lipinski definition) is 6. The van der Waals surface area contributed by atoms with Gasteiger partial charge < -0.3 is 39.0 Å². The van der Waals surface area contributed by atoms with Gasteiger partial charge in [0.05, 0.1) is 76.6 Å². The topological polar surface area (TPSA) is 91.9 Å². The maximum atomic E-state index is 13.0. The maximum Gasteiger partial charge on any atom is 2.00 e. The van der Waals surface area contributed by atoms with Crippen LogP contribution in [0.1, 0.15) is 0 Å². The Hall–Kier alpha value is 1.57. The molecule has 2 N–H and O–H groups in total. The third kappa shape index (κ3) is 20.4. The summed E-state index contributed by atoms with van der Waals surface area (Å²) in [5.41, 5.74) is -10.5. The SMILES string of the molecule is ClCCl.ClCCl.[Ba+2].[O-]C(C[NH+]1CCOCCOCC[NH+](CC([O-])(C(F)(F)F)C(F)(F)F)CCOCCOCC1)(C(F)(F)F)C(F)(F)F. The first kappa shape index (κ1) is 52.9. The van der Waals surface area contributed by atoms with E-state index in [0.717, 1.165) is 0 Å². The monoisotopic (exact) mass is 928 g/mol. The molecule has 1 aliphatic rings. The molecule has 0 aromatic heterocycles. The summed E-state index contributed by atoms with van der Waals surface area (Å²) >= 11 is 19.1. The zero-order valence-corrected chi connectivity index (χ0v) is 32.0. The van der Waals surface area contributed by atoms with Gasteiger partial charge in [0.2, 0.25) is 0 Å². The molecular formula is C22H34BaCl4F12N2O6+2. The molecule has 0 bridgehead atoms. The van der Waals surface area contributed by atoms with Crippen LogP contribution >= 0.6 is 46.4 Å². The molecule has 8 nitrogen and oxygen atoms in total. The molecule has 0 saturated carbocycles. The number of rotatable bonds is 4. The standard InChI is InChI=1S/C20H28F12N2O6.2CH2Cl2.Ba/c21-17(22,23)15(35,18(24,25)26)13-33-1-5-37-9-10-39-7-3-34(4-8-40-12-11-38-6-2-33)14-16(36,19(27,28)29)20(30,31)32;2*2-1-3;/h1-14H2;2*1H2;/q-2;;;+2/p+2. The van der Waals surface area contributed by atoms with Crippen LogP contribution in [0, 0.1) is 0 Å². The molecule has 0 aliphatic carbocycles. The summed E-state index contributed by atoms with van der Waals surface area (Å²) in [5, 5.41) is 24.0. The molecule has 1 fully saturated rings. The van der Waals surface area contributed by atoms with Gasteiger partial charge in [0.25, 0.3) is 0 Å². The third-order valence-electron chi connectivity index (χ3n) is 5.97. The molecule has 1 heterocycles. The summed E-state index contributed by atoms with van der Waals surface area (Å²) in [6.07, 6.45) is -24.5. The fourth-order valence-corrected chi connectivity index (χ4v) is 3.54. The van der Waals surface area contributed by atoms with E-state index >= 15 is 0 Å². The average molecular weight is 930 g/mol. The van der Waals surface area contributed by atoms with Crippen LogP contribution in [0.15, 0.2) is 0 Å². The number of nitrogens with one attached hydrogen (secondary N) is 2. The van der Waals surface area contributed by atoms with E-state index in [9.17, 15) is 62.9 Å². The van der Waals surface area contributed by atoms with Crippen LogP contribution in [-0.4, -0.2) is 188 Å². The van der Waals surface area contributed by atoms with Crippen molar-refractivity contribution in [2.24, 2.45) is 0 Å². The predicted octanol–water partition coefficient (Wildman–Crippen LogP) is 0.746. The van der Waals surface area contributed by atoms with Gasteiger partial charge in [0.1, 0.15) is 37.4 Å². The second-order valence-electron chi connectivity index (χ2n) is 9.15. The first-order valence-electron chi connectivity index (χ1n) is 12.9. The van der Waals surface area contributed by atoms with Crippen molar-refractivity contribution in [1.82, 2.24) is 0 Å². The van der Waals surface area contributed by atoms with Crippen molar-refractivity contribution in [2.75, 3.05) is 103 Å². The predicted molar refractivity (Wildman–Crippen MR) is 143 cm³/mol. The van der Waals surface area contributed by atoms with Crippen molar-refractivity contribution < 1.29 is 91.6 Å². The van der Waals surface area contributed by atoms with E-state index in [1.54, 1.807) is 0 Å². The van der Waals surface area contributed by atoms with Crippen molar-refractivity contribution in [3.05, 3.63) is 0 Å². The van der Waals surface area contributed by atoms with Crippen molar-refractivity contribution in [3.8, 4) is 0 Å². The minimum Gasteiger partial charge on any atom is -0.832 e. The normalized spacial score (nSPS) is 21.1. The molecule has 1 aliphatic heterocycles.